The lowest BCUT2D eigenvalue weighted by atomic mass is 10.1. The van der Waals surface area contributed by atoms with Crippen LogP contribution in [0.1, 0.15) is 10.4 Å². The number of para-hydroxylation sites is 2. The van der Waals surface area contributed by atoms with E-state index in [0.29, 0.717) is 5.56 Å². The van der Waals surface area contributed by atoms with Gasteiger partial charge in [0, 0.05) is 23.2 Å². The molecule has 4 heteroatoms. The van der Waals surface area contributed by atoms with Crippen molar-refractivity contribution in [1.82, 2.24) is 9.97 Å². The molecule has 1 N–H and O–H groups in total. The highest BCUT2D eigenvalue weighted by Crippen LogP contribution is 2.22. The molecule has 0 radical (unpaired) electrons. The molecule has 0 aliphatic heterocycles. The summed E-state index contributed by atoms with van der Waals surface area (Å²) in [6, 6.07) is 19.1. The van der Waals surface area contributed by atoms with Gasteiger partial charge in [-0.25, -0.2) is 0 Å². The second kappa shape index (κ2) is 5.50. The third kappa shape index (κ3) is 2.51. The molecule has 2 heterocycles. The first-order chi connectivity index (χ1) is 11.3. The molecular weight excluding hydrogens is 286 g/mol. The Morgan fingerprint density at radius 2 is 1.65 bits per heavy atom. The van der Waals surface area contributed by atoms with Gasteiger partial charge in [-0.2, -0.15) is 0 Å². The SMILES string of the molecule is O=C(Nc1ccnc2ccccc12)c1cnc2ccccc2c1. The molecule has 2 aromatic heterocycles. The van der Waals surface area contributed by atoms with E-state index in [0.717, 1.165) is 27.5 Å². The van der Waals surface area contributed by atoms with E-state index in [-0.39, 0.29) is 5.91 Å². The highest BCUT2D eigenvalue weighted by atomic mass is 16.1. The number of nitrogens with zero attached hydrogens (tertiary/aromatic N) is 2. The van der Waals surface area contributed by atoms with Crippen LogP contribution < -0.4 is 5.32 Å². The summed E-state index contributed by atoms with van der Waals surface area (Å²) >= 11 is 0. The molecule has 4 nitrogen and oxygen atoms in total. The Balaban J connectivity index is 1.70. The molecular formula is C19H13N3O. The van der Waals surface area contributed by atoms with Crippen LogP contribution in [0.5, 0.6) is 0 Å². The fraction of sp³-hybridized carbons (Fsp3) is 0. The highest BCUT2D eigenvalue weighted by Gasteiger charge is 2.10. The van der Waals surface area contributed by atoms with Gasteiger partial charge in [-0.15, -0.1) is 0 Å². The summed E-state index contributed by atoms with van der Waals surface area (Å²) in [5.74, 6) is -0.181. The largest absolute Gasteiger partial charge is 0.321 e. The van der Waals surface area contributed by atoms with Crippen LogP contribution in [0.3, 0.4) is 0 Å². The predicted octanol–water partition coefficient (Wildman–Crippen LogP) is 4.04. The average Bonchev–Trinajstić information content (AvgIpc) is 2.61. The van der Waals surface area contributed by atoms with Gasteiger partial charge in [0.15, 0.2) is 0 Å². The summed E-state index contributed by atoms with van der Waals surface area (Å²) in [6.07, 6.45) is 3.29. The Morgan fingerprint density at radius 3 is 2.57 bits per heavy atom. The van der Waals surface area contributed by atoms with Crippen LogP contribution in [-0.2, 0) is 0 Å². The van der Waals surface area contributed by atoms with Crippen molar-refractivity contribution in [1.29, 1.82) is 0 Å². The lowest BCUT2D eigenvalue weighted by molar-refractivity contribution is 0.102. The molecule has 0 unspecified atom stereocenters. The van der Waals surface area contributed by atoms with Crippen molar-refractivity contribution < 1.29 is 4.79 Å². The zero-order chi connectivity index (χ0) is 15.6. The number of carbonyl (C=O) groups excluding carboxylic acids is 1. The van der Waals surface area contributed by atoms with Crippen molar-refractivity contribution in [3.8, 4) is 0 Å². The molecule has 2 aromatic carbocycles. The van der Waals surface area contributed by atoms with E-state index < -0.39 is 0 Å². The Labute approximate surface area is 132 Å². The number of carbonyl (C=O) groups is 1. The van der Waals surface area contributed by atoms with Crippen LogP contribution in [0, 0.1) is 0 Å². The maximum atomic E-state index is 12.5. The van der Waals surface area contributed by atoms with Gasteiger partial charge in [0.25, 0.3) is 5.91 Å². The van der Waals surface area contributed by atoms with Crippen molar-refractivity contribution in [2.45, 2.75) is 0 Å². The third-order valence-corrected chi connectivity index (χ3v) is 3.75. The summed E-state index contributed by atoms with van der Waals surface area (Å²) in [7, 11) is 0. The van der Waals surface area contributed by atoms with Crippen molar-refractivity contribution >= 4 is 33.4 Å². The summed E-state index contributed by atoms with van der Waals surface area (Å²) < 4.78 is 0. The number of hydrogen-bond donors (Lipinski definition) is 1. The lowest BCUT2D eigenvalue weighted by Crippen LogP contribution is -2.12. The number of fused-ring (bicyclic) bond motifs is 2. The Hall–Kier alpha value is -3.27. The minimum absolute atomic E-state index is 0.181. The number of anilines is 1. The second-order valence-corrected chi connectivity index (χ2v) is 5.25. The fourth-order valence-electron chi connectivity index (χ4n) is 2.59. The minimum Gasteiger partial charge on any atom is -0.321 e. The van der Waals surface area contributed by atoms with Crippen molar-refractivity contribution in [2.75, 3.05) is 5.32 Å². The molecule has 0 aliphatic carbocycles. The third-order valence-electron chi connectivity index (χ3n) is 3.75. The zero-order valence-corrected chi connectivity index (χ0v) is 12.2. The van der Waals surface area contributed by atoms with E-state index >= 15 is 0 Å². The number of amides is 1. The summed E-state index contributed by atoms with van der Waals surface area (Å²) in [4.78, 5) is 21.2. The molecule has 110 valence electrons. The number of rotatable bonds is 2. The highest BCUT2D eigenvalue weighted by molar-refractivity contribution is 6.09. The van der Waals surface area contributed by atoms with Gasteiger partial charge in [-0.1, -0.05) is 36.4 Å². The maximum Gasteiger partial charge on any atom is 0.257 e. The predicted molar refractivity (Wildman–Crippen MR) is 91.4 cm³/mol. The van der Waals surface area contributed by atoms with Gasteiger partial charge in [-0.05, 0) is 24.3 Å². The van der Waals surface area contributed by atoms with Gasteiger partial charge >= 0.3 is 0 Å². The van der Waals surface area contributed by atoms with Crippen LogP contribution in [0.2, 0.25) is 0 Å². The van der Waals surface area contributed by atoms with E-state index in [4.69, 9.17) is 0 Å². The van der Waals surface area contributed by atoms with Gasteiger partial charge in [0.2, 0.25) is 0 Å². The standard InChI is InChI=1S/C19H13N3O/c23-19(14-11-13-5-1-3-7-16(13)21-12-14)22-18-9-10-20-17-8-4-2-6-15(17)18/h1-12H,(H,20,22,23). The molecule has 0 fully saturated rings. The molecule has 23 heavy (non-hydrogen) atoms. The topological polar surface area (TPSA) is 54.9 Å². The van der Waals surface area contributed by atoms with Crippen LogP contribution in [0.15, 0.2) is 73.1 Å². The molecule has 0 bridgehead atoms. The van der Waals surface area contributed by atoms with E-state index in [1.165, 1.54) is 0 Å². The van der Waals surface area contributed by atoms with Crippen molar-refractivity contribution in [2.24, 2.45) is 0 Å². The average molecular weight is 299 g/mol. The molecule has 1 amide bonds. The number of nitrogens with one attached hydrogen (secondary N) is 1. The summed E-state index contributed by atoms with van der Waals surface area (Å²) in [5, 5.41) is 4.81. The van der Waals surface area contributed by atoms with Gasteiger partial charge in [0.05, 0.1) is 22.3 Å². The minimum atomic E-state index is -0.181. The van der Waals surface area contributed by atoms with E-state index in [2.05, 4.69) is 15.3 Å². The summed E-state index contributed by atoms with van der Waals surface area (Å²) in [5.41, 5.74) is 3.00. The first-order valence-corrected chi connectivity index (χ1v) is 7.31. The first kappa shape index (κ1) is 13.4. The van der Waals surface area contributed by atoms with Gasteiger partial charge < -0.3 is 5.32 Å². The van der Waals surface area contributed by atoms with Crippen LogP contribution >= 0.6 is 0 Å². The molecule has 0 saturated heterocycles. The van der Waals surface area contributed by atoms with Crippen LogP contribution in [0.4, 0.5) is 5.69 Å². The molecule has 0 saturated carbocycles. The van der Waals surface area contributed by atoms with Gasteiger partial charge in [-0.3, -0.25) is 14.8 Å². The monoisotopic (exact) mass is 299 g/mol. The van der Waals surface area contributed by atoms with E-state index in [9.17, 15) is 4.79 Å². The zero-order valence-electron chi connectivity index (χ0n) is 12.2. The Kier molecular flexibility index (Phi) is 3.20. The smallest absolute Gasteiger partial charge is 0.257 e. The van der Waals surface area contributed by atoms with E-state index in [1.54, 1.807) is 18.5 Å². The molecule has 0 spiro atoms. The lowest BCUT2D eigenvalue weighted by Gasteiger charge is -2.08. The van der Waals surface area contributed by atoms with Gasteiger partial charge in [0.1, 0.15) is 0 Å². The van der Waals surface area contributed by atoms with Crippen molar-refractivity contribution in [3.05, 3.63) is 78.6 Å². The number of hydrogen-bond acceptors (Lipinski definition) is 3. The Morgan fingerprint density at radius 1 is 0.870 bits per heavy atom. The first-order valence-electron chi connectivity index (χ1n) is 7.31. The molecule has 0 aliphatic rings. The maximum absolute atomic E-state index is 12.5. The summed E-state index contributed by atoms with van der Waals surface area (Å²) in [6.45, 7) is 0. The molecule has 0 atom stereocenters. The molecule has 4 aromatic rings. The van der Waals surface area contributed by atoms with Crippen LogP contribution in [0.25, 0.3) is 21.8 Å². The number of pyridine rings is 2. The van der Waals surface area contributed by atoms with Crippen molar-refractivity contribution in [3.63, 3.8) is 0 Å². The second-order valence-electron chi connectivity index (χ2n) is 5.25. The Bertz CT molecular complexity index is 1020. The number of aromatic nitrogens is 2. The van der Waals surface area contributed by atoms with E-state index in [1.807, 2.05) is 54.6 Å². The molecule has 4 rings (SSSR count). The fourth-order valence-corrected chi connectivity index (χ4v) is 2.59. The normalized spacial score (nSPS) is 10.8. The van der Waals surface area contributed by atoms with Crippen LogP contribution in [-0.4, -0.2) is 15.9 Å². The quantitative estimate of drug-likeness (QED) is 0.608. The number of benzene rings is 2.